The van der Waals surface area contributed by atoms with Gasteiger partial charge in [-0.2, -0.15) is 0 Å². The third-order valence-electron chi connectivity index (χ3n) is 3.91. The molecule has 2 N–H and O–H groups in total. The van der Waals surface area contributed by atoms with Crippen LogP contribution in [0.5, 0.6) is 0 Å². The fraction of sp³-hybridized carbons (Fsp3) is 1.00. The quantitative estimate of drug-likeness (QED) is 0.779. The van der Waals surface area contributed by atoms with Crippen LogP contribution in [0, 0.1) is 17.8 Å². The third-order valence-corrected chi connectivity index (χ3v) is 3.91. The smallest absolute Gasteiger partial charge is 0.108 e. The highest BCUT2D eigenvalue weighted by Gasteiger charge is 2.33. The second-order valence-electron chi connectivity index (χ2n) is 6.33. The standard InChI is InChI=1S/C14H28O3/c1-10(2)12-6-5-11(3)7-13(12)17-9-14(4,16)8-15/h10-13,15-16H,5-9H2,1-4H3/t11-,12+,13-,14+/m1/s1. The van der Waals surface area contributed by atoms with Crippen molar-refractivity contribution < 1.29 is 14.9 Å². The van der Waals surface area contributed by atoms with Gasteiger partial charge in [0.1, 0.15) is 5.60 Å². The minimum absolute atomic E-state index is 0.226. The molecular formula is C14H28O3. The van der Waals surface area contributed by atoms with Gasteiger partial charge < -0.3 is 14.9 Å². The van der Waals surface area contributed by atoms with E-state index < -0.39 is 5.60 Å². The minimum Gasteiger partial charge on any atom is -0.393 e. The summed E-state index contributed by atoms with van der Waals surface area (Å²) in [6.45, 7) is 8.33. The first kappa shape index (κ1) is 14.9. The first-order chi connectivity index (χ1) is 7.85. The molecule has 0 unspecified atom stereocenters. The van der Waals surface area contributed by atoms with Crippen LogP contribution in [0.3, 0.4) is 0 Å². The van der Waals surface area contributed by atoms with Gasteiger partial charge in [0.15, 0.2) is 0 Å². The van der Waals surface area contributed by atoms with E-state index in [1.165, 1.54) is 12.8 Å². The van der Waals surface area contributed by atoms with Crippen molar-refractivity contribution in [3.63, 3.8) is 0 Å². The summed E-state index contributed by atoms with van der Waals surface area (Å²) in [5.41, 5.74) is -1.11. The Morgan fingerprint density at radius 3 is 2.53 bits per heavy atom. The normalized spacial score (nSPS) is 33.7. The van der Waals surface area contributed by atoms with Gasteiger partial charge in [-0.05, 0) is 37.5 Å². The zero-order valence-corrected chi connectivity index (χ0v) is 11.6. The van der Waals surface area contributed by atoms with Gasteiger partial charge in [-0.25, -0.2) is 0 Å². The van der Waals surface area contributed by atoms with Crippen LogP contribution in [0.1, 0.15) is 47.0 Å². The summed E-state index contributed by atoms with van der Waals surface area (Å²) in [7, 11) is 0. The van der Waals surface area contributed by atoms with E-state index in [0.717, 1.165) is 6.42 Å². The van der Waals surface area contributed by atoms with Crippen molar-refractivity contribution in [1.29, 1.82) is 0 Å². The molecule has 17 heavy (non-hydrogen) atoms. The number of hydrogen-bond acceptors (Lipinski definition) is 3. The SMILES string of the molecule is CC(C)[C@@H]1CC[C@@H](C)C[C@H]1OC[C@@](C)(O)CO. The molecule has 0 bridgehead atoms. The van der Waals surface area contributed by atoms with Crippen LogP contribution in [0.25, 0.3) is 0 Å². The topological polar surface area (TPSA) is 49.7 Å². The lowest BCUT2D eigenvalue weighted by molar-refractivity contribution is -0.116. The Morgan fingerprint density at radius 1 is 1.35 bits per heavy atom. The number of aliphatic hydroxyl groups is 2. The maximum atomic E-state index is 9.77. The van der Waals surface area contributed by atoms with Crippen molar-refractivity contribution in [1.82, 2.24) is 0 Å². The van der Waals surface area contributed by atoms with Gasteiger partial charge in [0.25, 0.3) is 0 Å². The van der Waals surface area contributed by atoms with Crippen molar-refractivity contribution in [2.75, 3.05) is 13.2 Å². The van der Waals surface area contributed by atoms with Crippen LogP contribution in [0.2, 0.25) is 0 Å². The average Bonchev–Trinajstić information content (AvgIpc) is 2.26. The molecule has 0 aromatic heterocycles. The Hall–Kier alpha value is -0.120. The zero-order chi connectivity index (χ0) is 13.1. The molecule has 1 aliphatic rings. The summed E-state index contributed by atoms with van der Waals surface area (Å²) >= 11 is 0. The Morgan fingerprint density at radius 2 is 2.00 bits per heavy atom. The summed E-state index contributed by atoms with van der Waals surface area (Å²) in [5.74, 6) is 1.90. The molecule has 0 aromatic rings. The number of aliphatic hydroxyl groups excluding tert-OH is 1. The van der Waals surface area contributed by atoms with Crippen LogP contribution < -0.4 is 0 Å². The highest BCUT2D eigenvalue weighted by atomic mass is 16.5. The summed E-state index contributed by atoms with van der Waals surface area (Å²) in [5, 5.41) is 18.8. The van der Waals surface area contributed by atoms with Crippen LogP contribution in [-0.2, 0) is 4.74 Å². The summed E-state index contributed by atoms with van der Waals surface area (Å²) in [6, 6.07) is 0. The first-order valence-electron chi connectivity index (χ1n) is 6.80. The third kappa shape index (κ3) is 4.57. The van der Waals surface area contributed by atoms with E-state index in [1.54, 1.807) is 6.92 Å². The molecule has 1 aliphatic carbocycles. The van der Waals surface area contributed by atoms with E-state index in [9.17, 15) is 5.11 Å². The molecule has 3 heteroatoms. The molecule has 0 spiro atoms. The van der Waals surface area contributed by atoms with Gasteiger partial charge in [0.2, 0.25) is 0 Å². The molecule has 0 radical (unpaired) electrons. The molecule has 3 nitrogen and oxygen atoms in total. The predicted molar refractivity (Wildman–Crippen MR) is 68.8 cm³/mol. The maximum absolute atomic E-state index is 9.77. The molecule has 102 valence electrons. The van der Waals surface area contributed by atoms with Crippen molar-refractivity contribution in [2.24, 2.45) is 17.8 Å². The van der Waals surface area contributed by atoms with Gasteiger partial charge in [0, 0.05) is 0 Å². The van der Waals surface area contributed by atoms with Gasteiger partial charge in [-0.3, -0.25) is 0 Å². The van der Waals surface area contributed by atoms with E-state index in [1.807, 2.05) is 0 Å². The lowest BCUT2D eigenvalue weighted by Gasteiger charge is -2.38. The fourth-order valence-electron chi connectivity index (χ4n) is 2.64. The van der Waals surface area contributed by atoms with Crippen LogP contribution in [-0.4, -0.2) is 35.1 Å². The minimum atomic E-state index is -1.11. The fourth-order valence-corrected chi connectivity index (χ4v) is 2.64. The molecule has 0 heterocycles. The van der Waals surface area contributed by atoms with Gasteiger partial charge >= 0.3 is 0 Å². The lowest BCUT2D eigenvalue weighted by Crippen LogP contribution is -2.41. The number of hydrogen-bond donors (Lipinski definition) is 2. The molecular weight excluding hydrogens is 216 g/mol. The number of ether oxygens (including phenoxy) is 1. The molecule has 0 aromatic carbocycles. The van der Waals surface area contributed by atoms with E-state index in [-0.39, 0.29) is 19.3 Å². The highest BCUT2D eigenvalue weighted by molar-refractivity contribution is 4.82. The van der Waals surface area contributed by atoms with E-state index in [0.29, 0.717) is 17.8 Å². The molecule has 1 saturated carbocycles. The monoisotopic (exact) mass is 244 g/mol. The van der Waals surface area contributed by atoms with Crippen molar-refractivity contribution in [3.05, 3.63) is 0 Å². The van der Waals surface area contributed by atoms with E-state index in [4.69, 9.17) is 9.84 Å². The van der Waals surface area contributed by atoms with Crippen LogP contribution >= 0.6 is 0 Å². The molecule has 1 rings (SSSR count). The molecule has 1 fully saturated rings. The summed E-state index contributed by atoms with van der Waals surface area (Å²) < 4.78 is 5.87. The second-order valence-corrected chi connectivity index (χ2v) is 6.33. The predicted octanol–water partition coefficient (Wildman–Crippen LogP) is 2.21. The maximum Gasteiger partial charge on any atom is 0.108 e. The van der Waals surface area contributed by atoms with E-state index >= 15 is 0 Å². The lowest BCUT2D eigenvalue weighted by atomic mass is 9.75. The Balaban J connectivity index is 2.52. The van der Waals surface area contributed by atoms with Crippen molar-refractivity contribution in [3.8, 4) is 0 Å². The van der Waals surface area contributed by atoms with Gasteiger partial charge in [0.05, 0.1) is 19.3 Å². The highest BCUT2D eigenvalue weighted by Crippen LogP contribution is 2.35. The Kier molecular flexibility index (Phi) is 5.42. The van der Waals surface area contributed by atoms with Gasteiger partial charge in [-0.1, -0.05) is 27.2 Å². The largest absolute Gasteiger partial charge is 0.393 e. The average molecular weight is 244 g/mol. The summed E-state index contributed by atoms with van der Waals surface area (Å²) in [4.78, 5) is 0. The molecule has 0 saturated heterocycles. The zero-order valence-electron chi connectivity index (χ0n) is 11.6. The molecule has 0 amide bonds. The van der Waals surface area contributed by atoms with Crippen LogP contribution in [0.4, 0.5) is 0 Å². The first-order valence-corrected chi connectivity index (χ1v) is 6.80. The van der Waals surface area contributed by atoms with E-state index in [2.05, 4.69) is 20.8 Å². The Labute approximate surface area is 105 Å². The van der Waals surface area contributed by atoms with Gasteiger partial charge in [-0.15, -0.1) is 0 Å². The molecule has 4 atom stereocenters. The Bertz CT molecular complexity index is 226. The van der Waals surface area contributed by atoms with Crippen molar-refractivity contribution >= 4 is 0 Å². The van der Waals surface area contributed by atoms with Crippen molar-refractivity contribution in [2.45, 2.75) is 58.7 Å². The van der Waals surface area contributed by atoms with Crippen LogP contribution in [0.15, 0.2) is 0 Å². The molecule has 0 aliphatic heterocycles. The second kappa shape index (κ2) is 6.17. The summed E-state index contributed by atoms with van der Waals surface area (Å²) in [6.07, 6.45) is 3.80. The number of rotatable bonds is 5.